The maximum Gasteiger partial charge on any atom is 0.184 e. The summed E-state index contributed by atoms with van der Waals surface area (Å²) in [5, 5.41) is 24.9. The summed E-state index contributed by atoms with van der Waals surface area (Å²) in [5.74, 6) is 4.13. The molecule has 5 fully saturated rings. The van der Waals surface area contributed by atoms with Crippen LogP contribution in [0, 0.1) is 40.9 Å². The third-order valence-electron chi connectivity index (χ3n) is 9.79. The molecule has 1 N–H and O–H groups in total. The third-order valence-corrected chi connectivity index (χ3v) is 10.1. The Morgan fingerprint density at radius 3 is 2.55 bits per heavy atom. The molecule has 0 amide bonds. The first-order valence-electron chi connectivity index (χ1n) is 14.0. The number of carbonyl (C=O) groups is 1. The van der Waals surface area contributed by atoms with E-state index in [9.17, 15) is 9.90 Å². The molecule has 7 rings (SSSR count). The second-order valence-electron chi connectivity index (χ2n) is 12.4. The van der Waals surface area contributed by atoms with Crippen molar-refractivity contribution in [1.29, 1.82) is 5.26 Å². The van der Waals surface area contributed by atoms with Crippen LogP contribution in [0.1, 0.15) is 67.4 Å². The number of rotatable bonds is 7. The van der Waals surface area contributed by atoms with E-state index in [-0.39, 0.29) is 5.78 Å². The number of nitriles is 1. The molecule has 1 aliphatic heterocycles. The molecule has 2 aromatic rings. The highest BCUT2D eigenvalue weighted by molar-refractivity contribution is 6.36. The predicted molar refractivity (Wildman–Crippen MR) is 146 cm³/mol. The molecule has 4 aliphatic carbocycles. The van der Waals surface area contributed by atoms with Crippen LogP contribution >= 0.6 is 11.6 Å². The lowest BCUT2D eigenvalue weighted by Gasteiger charge is -2.58. The lowest BCUT2D eigenvalue weighted by molar-refractivity contribution is -0.151. The van der Waals surface area contributed by atoms with Gasteiger partial charge in [0.15, 0.2) is 5.78 Å². The Morgan fingerprint density at radius 1 is 1.24 bits per heavy atom. The van der Waals surface area contributed by atoms with E-state index in [4.69, 9.17) is 16.9 Å². The highest BCUT2D eigenvalue weighted by Gasteiger charge is 2.54. The molecule has 38 heavy (non-hydrogen) atoms. The number of aromatic nitrogens is 3. The number of ketones is 1. The SMILES string of the molecule is CN(CC1CCN(c2ccc(C#N)cn2)CC1)c1c(Cl)c(C(=O)CC2C3CC4CC2CC(O)(C4)C3)nn1C. The summed E-state index contributed by atoms with van der Waals surface area (Å²) in [6.07, 6.45) is 9.14. The normalized spacial score (nSPS) is 30.4. The van der Waals surface area contributed by atoms with Crippen molar-refractivity contribution >= 4 is 29.0 Å². The standard InChI is InChI=1S/C29H37ClN6O2/c1-34(17-18-5-7-36(8-6-18)25-4-3-19(15-31)16-32-25)28-26(30)27(33-35(28)2)24(37)11-23-21-9-20-10-22(23)14-29(38,12-20)13-21/h3-4,16,18,20-23,38H,5-14,17H2,1-2H3. The Hall–Kier alpha value is -2.63. The van der Waals surface area contributed by atoms with E-state index in [1.54, 1.807) is 10.9 Å². The van der Waals surface area contributed by atoms with Crippen molar-refractivity contribution in [2.45, 2.75) is 57.0 Å². The Kier molecular flexibility index (Phi) is 6.64. The number of hydrogen-bond acceptors (Lipinski definition) is 7. The summed E-state index contributed by atoms with van der Waals surface area (Å²) < 4.78 is 1.75. The van der Waals surface area contributed by atoms with Gasteiger partial charge in [0.25, 0.3) is 0 Å². The van der Waals surface area contributed by atoms with Gasteiger partial charge in [0.05, 0.1) is 11.2 Å². The number of carbonyl (C=O) groups excluding carboxylic acids is 1. The van der Waals surface area contributed by atoms with Crippen LogP contribution in [0.2, 0.25) is 5.02 Å². The summed E-state index contributed by atoms with van der Waals surface area (Å²) in [6.45, 7) is 2.67. The first-order chi connectivity index (χ1) is 18.2. The van der Waals surface area contributed by atoms with Crippen molar-refractivity contribution in [2.24, 2.45) is 36.6 Å². The zero-order chi connectivity index (χ0) is 26.6. The minimum atomic E-state index is -0.483. The highest BCUT2D eigenvalue weighted by Crippen LogP contribution is 2.59. The predicted octanol–water partition coefficient (Wildman–Crippen LogP) is 4.45. The van der Waals surface area contributed by atoms with Crippen LogP contribution in [0.5, 0.6) is 0 Å². The quantitative estimate of drug-likeness (QED) is 0.522. The second-order valence-corrected chi connectivity index (χ2v) is 12.8. The molecule has 0 radical (unpaired) electrons. The number of aryl methyl sites for hydroxylation is 1. The maximum absolute atomic E-state index is 13.5. The van der Waals surface area contributed by atoms with Gasteiger partial charge in [-0.25, -0.2) is 4.98 Å². The fraction of sp³-hybridized carbons (Fsp3) is 0.655. The lowest BCUT2D eigenvalue weighted by Crippen LogP contribution is -2.54. The first kappa shape index (κ1) is 25.6. The summed E-state index contributed by atoms with van der Waals surface area (Å²) in [6, 6.07) is 5.86. The number of Topliss-reactive ketones (excluding diaryl/α,β-unsaturated/α-hetero) is 1. The van der Waals surface area contributed by atoms with Crippen LogP contribution < -0.4 is 9.80 Å². The molecular weight excluding hydrogens is 500 g/mol. The maximum atomic E-state index is 13.5. The molecule has 202 valence electrons. The van der Waals surface area contributed by atoms with Crippen LogP contribution in [0.25, 0.3) is 0 Å². The van der Waals surface area contributed by atoms with Gasteiger partial charge in [0.1, 0.15) is 28.4 Å². The van der Waals surface area contributed by atoms with Gasteiger partial charge in [-0.1, -0.05) is 11.6 Å². The average molecular weight is 537 g/mol. The van der Waals surface area contributed by atoms with E-state index < -0.39 is 5.60 Å². The van der Waals surface area contributed by atoms with Gasteiger partial charge < -0.3 is 14.9 Å². The minimum Gasteiger partial charge on any atom is -0.390 e. The van der Waals surface area contributed by atoms with Crippen molar-refractivity contribution in [1.82, 2.24) is 14.8 Å². The van der Waals surface area contributed by atoms with Crippen LogP contribution in [-0.4, -0.2) is 57.9 Å². The van der Waals surface area contributed by atoms with Gasteiger partial charge in [0.2, 0.25) is 0 Å². The van der Waals surface area contributed by atoms with E-state index in [1.165, 1.54) is 0 Å². The van der Waals surface area contributed by atoms with E-state index in [0.717, 1.165) is 76.2 Å². The summed E-state index contributed by atoms with van der Waals surface area (Å²) in [7, 11) is 3.90. The molecule has 2 atom stereocenters. The molecule has 8 nitrogen and oxygen atoms in total. The molecule has 2 unspecified atom stereocenters. The van der Waals surface area contributed by atoms with Crippen molar-refractivity contribution in [2.75, 3.05) is 36.5 Å². The van der Waals surface area contributed by atoms with Crippen molar-refractivity contribution in [3.63, 3.8) is 0 Å². The third kappa shape index (κ3) is 4.69. The van der Waals surface area contributed by atoms with Crippen LogP contribution in [0.4, 0.5) is 11.6 Å². The average Bonchev–Trinajstić information content (AvgIpc) is 3.19. The minimum absolute atomic E-state index is 0.0398. The molecule has 3 heterocycles. The molecule has 2 aromatic heterocycles. The van der Waals surface area contributed by atoms with Gasteiger partial charge in [-0.15, -0.1) is 0 Å². The van der Waals surface area contributed by atoms with Gasteiger partial charge >= 0.3 is 0 Å². The molecule has 1 saturated heterocycles. The summed E-state index contributed by atoms with van der Waals surface area (Å²) >= 11 is 6.83. The first-order valence-corrected chi connectivity index (χ1v) is 14.4. The van der Waals surface area contributed by atoms with E-state index in [0.29, 0.717) is 52.3 Å². The van der Waals surface area contributed by atoms with E-state index in [2.05, 4.69) is 26.0 Å². The fourth-order valence-electron chi connectivity index (χ4n) is 8.27. The van der Waals surface area contributed by atoms with E-state index >= 15 is 0 Å². The Balaban J connectivity index is 1.07. The number of hydrogen-bond donors (Lipinski definition) is 1. The number of piperidine rings is 1. The molecule has 0 aromatic carbocycles. The molecule has 4 bridgehead atoms. The second kappa shape index (κ2) is 9.84. The zero-order valence-electron chi connectivity index (χ0n) is 22.3. The van der Waals surface area contributed by atoms with Gasteiger partial charge in [-0.2, -0.15) is 10.4 Å². The Morgan fingerprint density at radius 2 is 1.95 bits per heavy atom. The monoisotopic (exact) mass is 536 g/mol. The number of nitrogens with zero attached hydrogens (tertiary/aromatic N) is 6. The smallest absolute Gasteiger partial charge is 0.184 e. The Labute approximate surface area is 229 Å². The van der Waals surface area contributed by atoms with Crippen molar-refractivity contribution < 1.29 is 9.90 Å². The number of aliphatic hydroxyl groups is 1. The van der Waals surface area contributed by atoms with Gasteiger partial charge in [-0.3, -0.25) is 9.48 Å². The van der Waals surface area contributed by atoms with Crippen LogP contribution in [-0.2, 0) is 7.05 Å². The molecule has 4 saturated carbocycles. The summed E-state index contributed by atoms with van der Waals surface area (Å²) in [5.41, 5.74) is 0.487. The number of pyridine rings is 1. The van der Waals surface area contributed by atoms with Crippen molar-refractivity contribution in [3.05, 3.63) is 34.6 Å². The fourth-order valence-corrected chi connectivity index (χ4v) is 8.68. The topological polar surface area (TPSA) is 98.3 Å². The molecule has 9 heteroatoms. The highest BCUT2D eigenvalue weighted by atomic mass is 35.5. The summed E-state index contributed by atoms with van der Waals surface area (Å²) in [4.78, 5) is 22.3. The Bertz CT molecular complexity index is 1230. The molecule has 5 aliphatic rings. The molecule has 0 spiro atoms. The van der Waals surface area contributed by atoms with Crippen molar-refractivity contribution in [3.8, 4) is 6.07 Å². The van der Waals surface area contributed by atoms with Crippen LogP contribution in [0.15, 0.2) is 18.3 Å². The van der Waals surface area contributed by atoms with Gasteiger partial charge in [0, 0.05) is 46.3 Å². The van der Waals surface area contributed by atoms with Crippen LogP contribution in [0.3, 0.4) is 0 Å². The van der Waals surface area contributed by atoms with Gasteiger partial charge in [-0.05, 0) is 86.7 Å². The number of anilines is 2. The van der Waals surface area contributed by atoms with E-state index in [1.807, 2.05) is 26.2 Å². The molecular formula is C29H37ClN6O2. The zero-order valence-corrected chi connectivity index (χ0v) is 23.1. The lowest BCUT2D eigenvalue weighted by atomic mass is 9.49. The largest absolute Gasteiger partial charge is 0.390 e. The number of halogens is 1.